The van der Waals surface area contributed by atoms with E-state index in [9.17, 15) is 9.18 Å². The number of hydrogen-bond donors (Lipinski definition) is 2. The highest BCUT2D eigenvalue weighted by Gasteiger charge is 2.23. The van der Waals surface area contributed by atoms with Gasteiger partial charge in [-0.1, -0.05) is 0 Å². The third kappa shape index (κ3) is 3.99. The van der Waals surface area contributed by atoms with Crippen LogP contribution in [0.5, 0.6) is 5.75 Å². The zero-order valence-electron chi connectivity index (χ0n) is 12.5. The zero-order valence-corrected chi connectivity index (χ0v) is 14.1. The maximum absolute atomic E-state index is 13.7. The molecule has 2 N–H and O–H groups in total. The largest absolute Gasteiger partial charge is 0.494 e. The van der Waals surface area contributed by atoms with Gasteiger partial charge in [0.05, 0.1) is 18.7 Å². The molecule has 1 aromatic carbocycles. The first-order valence-electron chi connectivity index (χ1n) is 6.98. The molecule has 3 rings (SSSR count). The summed E-state index contributed by atoms with van der Waals surface area (Å²) in [5.74, 6) is -0.269. The third-order valence-electron chi connectivity index (χ3n) is 3.61. The molecule has 1 unspecified atom stereocenters. The smallest absolute Gasteiger partial charge is 0.230 e. The van der Waals surface area contributed by atoms with Crippen LogP contribution in [0.3, 0.4) is 0 Å². The molecule has 0 bridgehead atoms. The second kappa shape index (κ2) is 7.72. The number of hydrogen-bond acceptors (Lipinski definition) is 5. The van der Waals surface area contributed by atoms with Crippen molar-refractivity contribution < 1.29 is 13.9 Å². The number of thiazole rings is 1. The SMILES string of the molecule is COc1ccc(-c2csc(NC(=O)C3CCNC3)n2)cc1F.Cl. The van der Waals surface area contributed by atoms with E-state index in [2.05, 4.69) is 15.6 Å². The fraction of sp³-hybridized carbons (Fsp3) is 0.333. The van der Waals surface area contributed by atoms with Gasteiger partial charge in [-0.05, 0) is 31.2 Å². The number of carbonyl (C=O) groups excluding carboxylic acids is 1. The summed E-state index contributed by atoms with van der Waals surface area (Å²) >= 11 is 1.33. The zero-order chi connectivity index (χ0) is 15.5. The van der Waals surface area contributed by atoms with E-state index in [-0.39, 0.29) is 30.0 Å². The van der Waals surface area contributed by atoms with E-state index < -0.39 is 5.82 Å². The van der Waals surface area contributed by atoms with Crippen LogP contribution in [-0.4, -0.2) is 31.1 Å². The molecule has 0 radical (unpaired) electrons. The van der Waals surface area contributed by atoms with Gasteiger partial charge in [0.25, 0.3) is 0 Å². The minimum Gasteiger partial charge on any atom is -0.494 e. The number of rotatable bonds is 4. The van der Waals surface area contributed by atoms with Gasteiger partial charge in [0.1, 0.15) is 0 Å². The molecule has 1 saturated heterocycles. The molecule has 1 aliphatic heterocycles. The number of nitrogens with one attached hydrogen (secondary N) is 2. The van der Waals surface area contributed by atoms with Crippen LogP contribution in [0.1, 0.15) is 6.42 Å². The van der Waals surface area contributed by atoms with Gasteiger partial charge in [0.2, 0.25) is 5.91 Å². The van der Waals surface area contributed by atoms with Gasteiger partial charge in [-0.2, -0.15) is 0 Å². The number of methoxy groups -OCH3 is 1. The van der Waals surface area contributed by atoms with Crippen LogP contribution in [0.2, 0.25) is 0 Å². The van der Waals surface area contributed by atoms with Crippen molar-refractivity contribution in [1.82, 2.24) is 10.3 Å². The maximum Gasteiger partial charge on any atom is 0.230 e. The Hall–Kier alpha value is -1.70. The van der Waals surface area contributed by atoms with Gasteiger partial charge in [-0.3, -0.25) is 4.79 Å². The summed E-state index contributed by atoms with van der Waals surface area (Å²) in [6.45, 7) is 1.57. The number of halogens is 2. The Morgan fingerprint density at radius 2 is 2.35 bits per heavy atom. The summed E-state index contributed by atoms with van der Waals surface area (Å²) < 4.78 is 18.6. The number of carbonyl (C=O) groups is 1. The van der Waals surface area contributed by atoms with Crippen molar-refractivity contribution in [2.75, 3.05) is 25.5 Å². The van der Waals surface area contributed by atoms with Crippen LogP contribution in [-0.2, 0) is 4.79 Å². The molecular weight excluding hydrogens is 341 g/mol. The number of benzene rings is 1. The molecule has 1 aromatic heterocycles. The molecule has 1 fully saturated rings. The van der Waals surface area contributed by atoms with E-state index in [0.29, 0.717) is 22.9 Å². The van der Waals surface area contributed by atoms with Gasteiger partial charge in [0, 0.05) is 17.5 Å². The highest BCUT2D eigenvalue weighted by atomic mass is 35.5. The monoisotopic (exact) mass is 357 g/mol. The molecule has 1 amide bonds. The van der Waals surface area contributed by atoms with Crippen molar-refractivity contribution in [3.05, 3.63) is 29.4 Å². The first-order valence-corrected chi connectivity index (χ1v) is 7.86. The summed E-state index contributed by atoms with van der Waals surface area (Å²) in [5, 5.41) is 8.30. The molecule has 5 nitrogen and oxygen atoms in total. The Labute approximate surface area is 143 Å². The van der Waals surface area contributed by atoms with Gasteiger partial charge < -0.3 is 15.4 Å². The van der Waals surface area contributed by atoms with Crippen LogP contribution < -0.4 is 15.4 Å². The third-order valence-corrected chi connectivity index (χ3v) is 4.37. The summed E-state index contributed by atoms with van der Waals surface area (Å²) in [6.07, 6.45) is 0.841. The highest BCUT2D eigenvalue weighted by Crippen LogP contribution is 2.28. The van der Waals surface area contributed by atoms with E-state index >= 15 is 0 Å². The first kappa shape index (κ1) is 17.7. The quantitative estimate of drug-likeness (QED) is 0.883. The molecule has 124 valence electrons. The topological polar surface area (TPSA) is 63.2 Å². The maximum atomic E-state index is 13.7. The highest BCUT2D eigenvalue weighted by molar-refractivity contribution is 7.14. The van der Waals surface area contributed by atoms with Gasteiger partial charge in [0.15, 0.2) is 16.7 Å². The number of amides is 1. The average Bonchev–Trinajstić information content (AvgIpc) is 3.18. The lowest BCUT2D eigenvalue weighted by Crippen LogP contribution is -2.24. The second-order valence-electron chi connectivity index (χ2n) is 5.07. The Morgan fingerprint density at radius 1 is 1.52 bits per heavy atom. The lowest BCUT2D eigenvalue weighted by atomic mass is 10.1. The minimum absolute atomic E-state index is 0. The van der Waals surface area contributed by atoms with Crippen molar-refractivity contribution in [3.63, 3.8) is 0 Å². The lowest BCUT2D eigenvalue weighted by molar-refractivity contribution is -0.119. The fourth-order valence-corrected chi connectivity index (χ4v) is 3.10. The molecule has 2 heterocycles. The molecule has 8 heteroatoms. The van der Waals surface area contributed by atoms with Crippen molar-refractivity contribution in [1.29, 1.82) is 0 Å². The summed E-state index contributed by atoms with van der Waals surface area (Å²) in [7, 11) is 1.42. The number of nitrogens with zero attached hydrogens (tertiary/aromatic N) is 1. The summed E-state index contributed by atoms with van der Waals surface area (Å²) in [6, 6.07) is 4.68. The number of anilines is 1. The van der Waals surface area contributed by atoms with Crippen LogP contribution in [0, 0.1) is 11.7 Å². The molecule has 1 atom stereocenters. The molecule has 1 aliphatic rings. The first-order chi connectivity index (χ1) is 10.7. The standard InChI is InChI=1S/C15H16FN3O2S.ClH/c1-21-13-3-2-9(6-11(13)16)12-8-22-15(18-12)19-14(20)10-4-5-17-7-10;/h2-3,6,8,10,17H,4-5,7H2,1H3,(H,18,19,20);1H. The van der Waals surface area contributed by atoms with E-state index in [0.717, 1.165) is 13.0 Å². The van der Waals surface area contributed by atoms with E-state index in [1.54, 1.807) is 17.5 Å². The van der Waals surface area contributed by atoms with Crippen molar-refractivity contribution in [2.45, 2.75) is 6.42 Å². The molecule has 0 spiro atoms. The van der Waals surface area contributed by atoms with Crippen LogP contribution in [0.4, 0.5) is 9.52 Å². The van der Waals surface area contributed by atoms with Gasteiger partial charge >= 0.3 is 0 Å². The number of ether oxygens (including phenoxy) is 1. The molecular formula is C15H17ClFN3O2S. The Morgan fingerprint density at radius 3 is 3.00 bits per heavy atom. The summed E-state index contributed by atoms with van der Waals surface area (Å²) in [4.78, 5) is 16.4. The normalized spacial score (nSPS) is 16.7. The minimum atomic E-state index is -0.435. The molecule has 23 heavy (non-hydrogen) atoms. The fourth-order valence-electron chi connectivity index (χ4n) is 2.38. The van der Waals surface area contributed by atoms with Crippen molar-refractivity contribution in [3.8, 4) is 17.0 Å². The van der Waals surface area contributed by atoms with Crippen LogP contribution >= 0.6 is 23.7 Å². The van der Waals surface area contributed by atoms with Gasteiger partial charge in [-0.15, -0.1) is 23.7 Å². The Bertz CT molecular complexity index is 689. The molecule has 0 saturated carbocycles. The predicted molar refractivity (Wildman–Crippen MR) is 90.9 cm³/mol. The second-order valence-corrected chi connectivity index (χ2v) is 5.92. The van der Waals surface area contributed by atoms with E-state index in [1.165, 1.54) is 24.5 Å². The Kier molecular flexibility index (Phi) is 5.92. The summed E-state index contributed by atoms with van der Waals surface area (Å²) in [5.41, 5.74) is 1.28. The van der Waals surface area contributed by atoms with Crippen LogP contribution in [0.25, 0.3) is 11.3 Å². The van der Waals surface area contributed by atoms with Crippen molar-refractivity contribution in [2.24, 2.45) is 5.92 Å². The van der Waals surface area contributed by atoms with Gasteiger partial charge in [-0.25, -0.2) is 9.37 Å². The molecule has 0 aliphatic carbocycles. The predicted octanol–water partition coefficient (Wildman–Crippen LogP) is 2.93. The van der Waals surface area contributed by atoms with E-state index in [4.69, 9.17) is 4.74 Å². The lowest BCUT2D eigenvalue weighted by Gasteiger charge is -2.06. The van der Waals surface area contributed by atoms with Crippen molar-refractivity contribution >= 4 is 34.8 Å². The Balaban J connectivity index is 0.00000192. The van der Waals surface area contributed by atoms with Crippen LogP contribution in [0.15, 0.2) is 23.6 Å². The average molecular weight is 358 g/mol. The molecule has 2 aromatic rings. The van der Waals surface area contributed by atoms with E-state index in [1.807, 2.05) is 0 Å². The number of aromatic nitrogens is 1.